The van der Waals surface area contributed by atoms with Crippen molar-refractivity contribution in [1.29, 1.82) is 0 Å². The van der Waals surface area contributed by atoms with Crippen LogP contribution in [0.5, 0.6) is 5.06 Å². The van der Waals surface area contributed by atoms with E-state index in [0.29, 0.717) is 41.6 Å². The number of ether oxygens (including phenoxy) is 2. The van der Waals surface area contributed by atoms with Crippen molar-refractivity contribution < 1.29 is 9.47 Å². The Labute approximate surface area is 131 Å². The lowest BCUT2D eigenvalue weighted by Crippen LogP contribution is -2.42. The van der Waals surface area contributed by atoms with Crippen LogP contribution < -0.4 is 16.0 Å². The fourth-order valence-corrected chi connectivity index (χ4v) is 3.70. The maximum absolute atomic E-state index is 12.6. The van der Waals surface area contributed by atoms with Crippen molar-refractivity contribution in [3.8, 4) is 5.06 Å². The second kappa shape index (κ2) is 6.23. The lowest BCUT2D eigenvalue weighted by atomic mass is 10.2. The topological polar surface area (TPSA) is 76.6 Å². The van der Waals surface area contributed by atoms with E-state index >= 15 is 0 Å². The molecular weight excluding hydrogens is 306 g/mol. The normalized spacial score (nSPS) is 16.3. The minimum atomic E-state index is -0.366. The highest BCUT2D eigenvalue weighted by molar-refractivity contribution is 7.20. The van der Waals surface area contributed by atoms with Gasteiger partial charge in [-0.3, -0.25) is 19.2 Å². The van der Waals surface area contributed by atoms with E-state index in [-0.39, 0.29) is 11.2 Å². The van der Waals surface area contributed by atoms with Crippen LogP contribution in [-0.2, 0) is 11.3 Å². The van der Waals surface area contributed by atoms with Crippen molar-refractivity contribution in [3.63, 3.8) is 0 Å². The standard InChI is InChI=1S/C14H19N3O4S/c1-9-10-11(22-13(9)20-2)15-14(19)17(12(10)18)4-3-16-5-7-21-8-6-16/h3-8H2,1-2H3,(H,15,19). The molecule has 7 nitrogen and oxygen atoms in total. The highest BCUT2D eigenvalue weighted by Gasteiger charge is 2.17. The number of aromatic nitrogens is 2. The van der Waals surface area contributed by atoms with E-state index in [2.05, 4.69) is 9.88 Å². The molecular formula is C14H19N3O4S. The van der Waals surface area contributed by atoms with Gasteiger partial charge in [-0.05, 0) is 6.92 Å². The third kappa shape index (κ3) is 2.69. The number of aromatic amines is 1. The van der Waals surface area contributed by atoms with Crippen LogP contribution in [0.25, 0.3) is 10.2 Å². The molecule has 0 unspecified atom stereocenters. The molecule has 1 fully saturated rings. The van der Waals surface area contributed by atoms with Crippen molar-refractivity contribution in [2.75, 3.05) is 40.0 Å². The molecule has 0 atom stereocenters. The first-order valence-corrected chi connectivity index (χ1v) is 8.03. The zero-order valence-electron chi connectivity index (χ0n) is 12.7. The second-order valence-corrected chi connectivity index (χ2v) is 6.25. The van der Waals surface area contributed by atoms with Crippen LogP contribution in [0.3, 0.4) is 0 Å². The summed E-state index contributed by atoms with van der Waals surface area (Å²) in [5.41, 5.74) is 0.169. The molecule has 2 aromatic heterocycles. The average molecular weight is 325 g/mol. The Morgan fingerprint density at radius 2 is 2.00 bits per heavy atom. The van der Waals surface area contributed by atoms with Crippen LogP contribution in [0.2, 0.25) is 0 Å². The van der Waals surface area contributed by atoms with E-state index in [1.54, 1.807) is 7.11 Å². The van der Waals surface area contributed by atoms with Crippen LogP contribution >= 0.6 is 11.3 Å². The summed E-state index contributed by atoms with van der Waals surface area (Å²) in [7, 11) is 1.56. The Morgan fingerprint density at radius 1 is 1.27 bits per heavy atom. The maximum atomic E-state index is 12.6. The summed E-state index contributed by atoms with van der Waals surface area (Å²) in [5.74, 6) is 0. The zero-order chi connectivity index (χ0) is 15.7. The monoisotopic (exact) mass is 325 g/mol. The van der Waals surface area contributed by atoms with E-state index in [0.717, 1.165) is 18.7 Å². The smallest absolute Gasteiger partial charge is 0.329 e. The third-order valence-corrected chi connectivity index (χ3v) is 5.13. The molecule has 0 bridgehead atoms. The molecule has 1 saturated heterocycles. The van der Waals surface area contributed by atoms with Gasteiger partial charge in [-0.25, -0.2) is 4.79 Å². The summed E-state index contributed by atoms with van der Waals surface area (Å²) in [5, 5.41) is 1.21. The van der Waals surface area contributed by atoms with Gasteiger partial charge in [-0.1, -0.05) is 11.3 Å². The van der Waals surface area contributed by atoms with Gasteiger partial charge in [0.15, 0.2) is 5.06 Å². The fraction of sp³-hybridized carbons (Fsp3) is 0.571. The summed E-state index contributed by atoms with van der Waals surface area (Å²) >= 11 is 1.29. The number of thiophene rings is 1. The fourth-order valence-electron chi connectivity index (χ4n) is 2.69. The van der Waals surface area contributed by atoms with Gasteiger partial charge in [0, 0.05) is 31.7 Å². The van der Waals surface area contributed by atoms with Crippen LogP contribution in [0.1, 0.15) is 5.56 Å². The van der Waals surface area contributed by atoms with Crippen molar-refractivity contribution in [1.82, 2.24) is 14.5 Å². The number of aryl methyl sites for hydroxylation is 1. The Bertz CT molecular complexity index is 786. The summed E-state index contributed by atoms with van der Waals surface area (Å²) in [6.07, 6.45) is 0. The van der Waals surface area contributed by atoms with Gasteiger partial charge in [0.1, 0.15) is 4.83 Å². The largest absolute Gasteiger partial charge is 0.487 e. The van der Waals surface area contributed by atoms with Gasteiger partial charge in [0.05, 0.1) is 25.7 Å². The number of fused-ring (bicyclic) bond motifs is 1. The average Bonchev–Trinajstić information content (AvgIpc) is 2.84. The number of nitrogens with zero attached hydrogens (tertiary/aromatic N) is 2. The van der Waals surface area contributed by atoms with Crippen molar-refractivity contribution in [2.24, 2.45) is 0 Å². The first kappa shape index (κ1) is 15.3. The minimum Gasteiger partial charge on any atom is -0.487 e. The minimum absolute atomic E-state index is 0.246. The molecule has 3 heterocycles. The van der Waals surface area contributed by atoms with E-state index in [1.807, 2.05) is 6.92 Å². The van der Waals surface area contributed by atoms with Gasteiger partial charge < -0.3 is 9.47 Å². The van der Waals surface area contributed by atoms with Crippen LogP contribution in [-0.4, -0.2) is 54.4 Å². The number of H-pyrrole nitrogens is 1. The zero-order valence-corrected chi connectivity index (χ0v) is 13.5. The number of methoxy groups -OCH3 is 1. The molecule has 1 aliphatic heterocycles. The lowest BCUT2D eigenvalue weighted by Gasteiger charge is -2.26. The molecule has 3 rings (SSSR count). The highest BCUT2D eigenvalue weighted by Crippen LogP contribution is 2.32. The number of hydrogen-bond donors (Lipinski definition) is 1. The number of rotatable bonds is 4. The molecule has 8 heteroatoms. The van der Waals surface area contributed by atoms with E-state index in [1.165, 1.54) is 15.9 Å². The Hall–Kier alpha value is -1.64. The second-order valence-electron chi connectivity index (χ2n) is 5.26. The SMILES string of the molecule is COc1sc2[nH]c(=O)n(CCN3CCOCC3)c(=O)c2c1C. The number of morpholine rings is 1. The molecule has 1 aliphatic rings. The molecule has 22 heavy (non-hydrogen) atoms. The summed E-state index contributed by atoms with van der Waals surface area (Å²) < 4.78 is 11.8. The van der Waals surface area contributed by atoms with Gasteiger partial charge in [-0.2, -0.15) is 0 Å². The molecule has 0 spiro atoms. The van der Waals surface area contributed by atoms with Crippen LogP contribution in [0.4, 0.5) is 0 Å². The first-order valence-electron chi connectivity index (χ1n) is 7.22. The van der Waals surface area contributed by atoms with Gasteiger partial charge in [0.2, 0.25) is 0 Å². The predicted octanol–water partition coefficient (Wildman–Crippen LogP) is 0.401. The van der Waals surface area contributed by atoms with Gasteiger partial charge in [-0.15, -0.1) is 0 Å². The van der Waals surface area contributed by atoms with Crippen molar-refractivity contribution >= 4 is 21.6 Å². The lowest BCUT2D eigenvalue weighted by molar-refractivity contribution is 0.0361. The Balaban J connectivity index is 1.93. The van der Waals surface area contributed by atoms with Gasteiger partial charge in [0.25, 0.3) is 5.56 Å². The number of hydrogen-bond acceptors (Lipinski definition) is 6. The van der Waals surface area contributed by atoms with E-state index < -0.39 is 0 Å². The molecule has 120 valence electrons. The highest BCUT2D eigenvalue weighted by atomic mass is 32.1. The molecule has 0 amide bonds. The third-order valence-electron chi connectivity index (χ3n) is 3.96. The molecule has 0 saturated carbocycles. The maximum Gasteiger partial charge on any atom is 0.329 e. The summed E-state index contributed by atoms with van der Waals surface area (Å²) in [6, 6.07) is 0. The van der Waals surface area contributed by atoms with E-state index in [4.69, 9.17) is 9.47 Å². The van der Waals surface area contributed by atoms with Crippen molar-refractivity contribution in [3.05, 3.63) is 26.4 Å². The molecule has 2 aromatic rings. The number of nitrogens with one attached hydrogen (secondary N) is 1. The van der Waals surface area contributed by atoms with Crippen LogP contribution in [0, 0.1) is 6.92 Å². The molecule has 0 aromatic carbocycles. The summed E-state index contributed by atoms with van der Waals surface area (Å²) in [4.78, 5) is 30.3. The predicted molar refractivity (Wildman–Crippen MR) is 85.3 cm³/mol. The molecule has 0 radical (unpaired) electrons. The summed E-state index contributed by atoms with van der Waals surface area (Å²) in [6.45, 7) is 5.94. The first-order chi connectivity index (χ1) is 10.6. The van der Waals surface area contributed by atoms with Crippen molar-refractivity contribution in [2.45, 2.75) is 13.5 Å². The Morgan fingerprint density at radius 3 is 2.68 bits per heavy atom. The molecule has 0 aliphatic carbocycles. The molecule has 1 N–H and O–H groups in total. The quantitative estimate of drug-likeness (QED) is 0.880. The van der Waals surface area contributed by atoms with E-state index in [9.17, 15) is 9.59 Å². The van der Waals surface area contributed by atoms with Crippen LogP contribution in [0.15, 0.2) is 9.59 Å². The Kier molecular flexibility index (Phi) is 4.32. The van der Waals surface area contributed by atoms with Gasteiger partial charge >= 0.3 is 5.69 Å².